The van der Waals surface area contributed by atoms with Crippen LogP contribution in [0.3, 0.4) is 0 Å². The fourth-order valence-electron chi connectivity index (χ4n) is 2.57. The largest absolute Gasteiger partial charge is 0.451 e. The number of hydrogen-bond donors (Lipinski definition) is 1. The van der Waals surface area contributed by atoms with Gasteiger partial charge in [-0.25, -0.2) is 13.4 Å². The lowest BCUT2D eigenvalue weighted by atomic mass is 10.1. The Kier molecular flexibility index (Phi) is 6.11. The molecule has 1 saturated carbocycles. The van der Waals surface area contributed by atoms with Gasteiger partial charge in [0.05, 0.1) is 6.04 Å². The summed E-state index contributed by atoms with van der Waals surface area (Å²) >= 11 is 0. The van der Waals surface area contributed by atoms with Crippen LogP contribution in [0.1, 0.15) is 29.0 Å². The lowest BCUT2D eigenvalue weighted by molar-refractivity contribution is -0.145. The molecule has 3 rings (SSSR count). The number of rotatable bonds is 7. The number of halogens is 3. The van der Waals surface area contributed by atoms with Gasteiger partial charge in [0.1, 0.15) is 11.3 Å². The molecule has 1 aliphatic carbocycles. The molecule has 1 aromatic carbocycles. The van der Waals surface area contributed by atoms with Crippen molar-refractivity contribution in [1.29, 1.82) is 0 Å². The van der Waals surface area contributed by atoms with Gasteiger partial charge in [0.15, 0.2) is 9.84 Å². The Bertz CT molecular complexity index is 1050. The van der Waals surface area contributed by atoms with Crippen LogP contribution >= 0.6 is 0 Å². The normalized spacial score (nSPS) is 15.7. The van der Waals surface area contributed by atoms with Crippen molar-refractivity contribution in [2.45, 2.75) is 25.1 Å². The highest BCUT2D eigenvalue weighted by Crippen LogP contribution is 2.34. The van der Waals surface area contributed by atoms with Crippen molar-refractivity contribution >= 4 is 15.7 Å². The van der Waals surface area contributed by atoms with Crippen molar-refractivity contribution in [3.63, 3.8) is 0 Å². The fraction of sp³-hybridized carbons (Fsp3) is 0.316. The van der Waals surface area contributed by atoms with E-state index in [1.807, 2.05) is 0 Å². The van der Waals surface area contributed by atoms with Gasteiger partial charge >= 0.3 is 6.18 Å². The molecule has 1 N–H and O–H groups in total. The number of carbonyl (C=O) groups is 1. The lowest BCUT2D eigenvalue weighted by Gasteiger charge is -2.16. The Morgan fingerprint density at radius 1 is 1.27 bits per heavy atom. The van der Waals surface area contributed by atoms with Crippen LogP contribution in [0.5, 0.6) is 11.6 Å². The average molecular weight is 441 g/mol. The average Bonchev–Trinajstić information content (AvgIpc) is 3.49. The first-order valence-corrected chi connectivity index (χ1v) is 10.8. The summed E-state index contributed by atoms with van der Waals surface area (Å²) in [6.07, 6.45) is -0.129. The Morgan fingerprint density at radius 3 is 2.50 bits per heavy atom. The molecule has 1 aromatic heterocycles. The number of carbonyl (C=O) groups excluding carboxylic acids is 1. The summed E-state index contributed by atoms with van der Waals surface area (Å²) in [5.41, 5.74) is -0.301. The second-order valence-electron chi connectivity index (χ2n) is 6.82. The van der Waals surface area contributed by atoms with E-state index >= 15 is 0 Å². The molecule has 0 bridgehead atoms. The molecule has 1 heterocycles. The molecule has 30 heavy (non-hydrogen) atoms. The van der Waals surface area contributed by atoms with Gasteiger partial charge in [0.2, 0.25) is 11.7 Å². The summed E-state index contributed by atoms with van der Waals surface area (Å²) in [6.45, 7) is 0. The maximum absolute atomic E-state index is 13.0. The van der Waals surface area contributed by atoms with Gasteiger partial charge in [-0.3, -0.25) is 4.79 Å². The number of sulfone groups is 1. The second kappa shape index (κ2) is 8.42. The molecule has 1 fully saturated rings. The number of hydrogen-bond acceptors (Lipinski definition) is 6. The van der Waals surface area contributed by atoms with Crippen LogP contribution < -0.4 is 10.1 Å². The zero-order chi connectivity index (χ0) is 21.9. The molecule has 0 radical (unpaired) electrons. The highest BCUT2D eigenvalue weighted by Gasteiger charge is 2.37. The Hall–Kier alpha value is -2.95. The van der Waals surface area contributed by atoms with Crippen molar-refractivity contribution in [1.82, 2.24) is 15.3 Å². The van der Waals surface area contributed by atoms with Crippen molar-refractivity contribution in [2.75, 3.05) is 6.26 Å². The monoisotopic (exact) mass is 441 g/mol. The number of benzene rings is 1. The summed E-state index contributed by atoms with van der Waals surface area (Å²) in [4.78, 5) is 19.4. The van der Waals surface area contributed by atoms with Gasteiger partial charge in [-0.2, -0.15) is 18.2 Å². The zero-order valence-electron chi connectivity index (χ0n) is 15.8. The highest BCUT2D eigenvalue weighted by atomic mass is 32.2. The summed E-state index contributed by atoms with van der Waals surface area (Å²) < 4.78 is 67.3. The van der Waals surface area contributed by atoms with Crippen molar-refractivity contribution in [3.05, 3.63) is 59.4 Å². The maximum Gasteiger partial charge on any atom is 0.451 e. The minimum absolute atomic E-state index is 0.0424. The van der Waals surface area contributed by atoms with E-state index < -0.39 is 39.7 Å². The third-order valence-electron chi connectivity index (χ3n) is 4.17. The van der Waals surface area contributed by atoms with E-state index in [4.69, 9.17) is 4.74 Å². The predicted molar refractivity (Wildman–Crippen MR) is 102 cm³/mol. The fourth-order valence-corrected chi connectivity index (χ4v) is 3.03. The molecule has 1 aliphatic rings. The smallest absolute Gasteiger partial charge is 0.438 e. The van der Waals surface area contributed by atoms with E-state index in [-0.39, 0.29) is 17.2 Å². The van der Waals surface area contributed by atoms with E-state index in [1.165, 1.54) is 18.2 Å². The van der Waals surface area contributed by atoms with Gasteiger partial charge in [-0.15, -0.1) is 0 Å². The standard InChI is InChI=1S/C19H18F3N3O4S/c1-30(27,28)10-9-15(12-7-8-12)24-16(26)14-11-23-18(19(20,21)22)25-17(14)29-13-5-3-2-4-6-13/h2-6,9-12,15H,7-8H2,1H3,(H,24,26). The first-order chi connectivity index (χ1) is 14.0. The first kappa shape index (κ1) is 21.8. The molecule has 0 saturated heterocycles. The van der Waals surface area contributed by atoms with Crippen LogP contribution in [0.25, 0.3) is 0 Å². The molecule has 0 aliphatic heterocycles. The Balaban J connectivity index is 1.90. The third kappa shape index (κ3) is 6.02. The maximum atomic E-state index is 13.0. The number of alkyl halides is 3. The van der Waals surface area contributed by atoms with Crippen molar-refractivity contribution < 1.29 is 31.1 Å². The van der Waals surface area contributed by atoms with Gasteiger partial charge in [0.25, 0.3) is 5.91 Å². The quantitative estimate of drug-likeness (QED) is 0.708. The van der Waals surface area contributed by atoms with Crippen LogP contribution in [-0.4, -0.2) is 36.6 Å². The SMILES string of the molecule is CS(=O)(=O)C=CC(NC(=O)c1cnc(C(F)(F)F)nc1Oc1ccccc1)C1CC1. The minimum Gasteiger partial charge on any atom is -0.438 e. The third-order valence-corrected chi connectivity index (χ3v) is 4.82. The molecule has 1 amide bonds. The molecular weight excluding hydrogens is 423 g/mol. The van der Waals surface area contributed by atoms with Crippen LogP contribution in [0.4, 0.5) is 13.2 Å². The van der Waals surface area contributed by atoms with Gasteiger partial charge in [-0.05, 0) is 30.9 Å². The van der Waals surface area contributed by atoms with E-state index in [0.29, 0.717) is 0 Å². The zero-order valence-corrected chi connectivity index (χ0v) is 16.6. The molecule has 11 heteroatoms. The van der Waals surface area contributed by atoms with E-state index in [2.05, 4.69) is 15.3 Å². The molecule has 1 atom stereocenters. The molecule has 0 spiro atoms. The number of para-hydroxylation sites is 1. The number of nitrogens with zero attached hydrogens (tertiary/aromatic N) is 2. The number of ether oxygens (including phenoxy) is 1. The minimum atomic E-state index is -4.82. The molecule has 2 aromatic rings. The topological polar surface area (TPSA) is 98.2 Å². The number of amides is 1. The van der Waals surface area contributed by atoms with E-state index in [1.54, 1.807) is 18.2 Å². The molecular formula is C19H18F3N3O4S. The highest BCUT2D eigenvalue weighted by molar-refractivity contribution is 7.93. The van der Waals surface area contributed by atoms with Crippen LogP contribution in [0, 0.1) is 5.92 Å². The molecule has 160 valence electrons. The van der Waals surface area contributed by atoms with E-state index in [9.17, 15) is 26.4 Å². The van der Waals surface area contributed by atoms with Crippen LogP contribution in [0.2, 0.25) is 0 Å². The van der Waals surface area contributed by atoms with Crippen molar-refractivity contribution in [3.8, 4) is 11.6 Å². The van der Waals surface area contributed by atoms with Gasteiger partial charge in [-0.1, -0.05) is 24.3 Å². The molecule has 7 nitrogen and oxygen atoms in total. The Morgan fingerprint density at radius 2 is 1.93 bits per heavy atom. The summed E-state index contributed by atoms with van der Waals surface area (Å²) in [7, 11) is -3.40. The predicted octanol–water partition coefficient (Wildman–Crippen LogP) is 3.35. The summed E-state index contributed by atoms with van der Waals surface area (Å²) in [5, 5.41) is 3.61. The first-order valence-electron chi connectivity index (χ1n) is 8.89. The molecule has 1 unspecified atom stereocenters. The Labute approximate surface area is 170 Å². The number of nitrogens with one attached hydrogen (secondary N) is 1. The summed E-state index contributed by atoms with van der Waals surface area (Å²) in [5.74, 6) is -2.54. The summed E-state index contributed by atoms with van der Waals surface area (Å²) in [6, 6.07) is 7.31. The number of aromatic nitrogens is 2. The van der Waals surface area contributed by atoms with Crippen LogP contribution in [-0.2, 0) is 16.0 Å². The van der Waals surface area contributed by atoms with Gasteiger partial charge < -0.3 is 10.1 Å². The van der Waals surface area contributed by atoms with Gasteiger partial charge in [0, 0.05) is 17.9 Å². The van der Waals surface area contributed by atoms with Crippen molar-refractivity contribution in [2.24, 2.45) is 5.92 Å². The lowest BCUT2D eigenvalue weighted by Crippen LogP contribution is -2.35. The van der Waals surface area contributed by atoms with Crippen LogP contribution in [0.15, 0.2) is 48.0 Å². The second-order valence-corrected chi connectivity index (χ2v) is 8.75. The van der Waals surface area contributed by atoms with E-state index in [0.717, 1.165) is 30.7 Å².